The number of aromatic nitrogens is 1. The molecule has 0 aliphatic carbocycles. The summed E-state index contributed by atoms with van der Waals surface area (Å²) >= 11 is 1.05. The maximum absolute atomic E-state index is 14.2. The first-order valence-corrected chi connectivity index (χ1v) is 8.53. The Labute approximate surface area is 147 Å². The summed E-state index contributed by atoms with van der Waals surface area (Å²) < 4.78 is 41.2. The minimum Gasteiger partial charge on any atom is -0.395 e. The Morgan fingerprint density at radius 1 is 1.24 bits per heavy atom. The van der Waals surface area contributed by atoms with Gasteiger partial charge in [-0.1, -0.05) is 12.1 Å². The fourth-order valence-electron chi connectivity index (χ4n) is 2.06. The monoisotopic (exact) mass is 370 g/mol. The number of benzene rings is 1. The molecule has 0 saturated carbocycles. The van der Waals surface area contributed by atoms with E-state index in [9.17, 15) is 18.0 Å². The Balaban J connectivity index is 1.99. The molecule has 0 saturated heterocycles. The van der Waals surface area contributed by atoms with Crippen molar-refractivity contribution in [3.63, 3.8) is 0 Å². The smallest absolute Gasteiger partial charge is 0.274 e. The van der Waals surface area contributed by atoms with Gasteiger partial charge in [0.05, 0.1) is 12.2 Å². The minimum absolute atomic E-state index is 0.0294. The lowest BCUT2D eigenvalue weighted by Crippen LogP contribution is -2.27. The van der Waals surface area contributed by atoms with Gasteiger partial charge in [0.1, 0.15) is 10.8 Å². The van der Waals surface area contributed by atoms with Crippen molar-refractivity contribution in [2.45, 2.75) is 17.4 Å². The van der Waals surface area contributed by atoms with Gasteiger partial charge in [0.15, 0.2) is 0 Å². The lowest BCUT2D eigenvalue weighted by molar-refractivity contribution is -0.00707. The van der Waals surface area contributed by atoms with Gasteiger partial charge in [-0.25, -0.2) is 18.2 Å². The number of nitrogens with one attached hydrogen (secondary N) is 1. The number of pyridine rings is 1. The summed E-state index contributed by atoms with van der Waals surface area (Å²) in [5, 5.41) is 11.6. The number of rotatable bonds is 8. The van der Waals surface area contributed by atoms with Gasteiger partial charge in [-0.15, -0.1) is 11.8 Å². The van der Waals surface area contributed by atoms with Crippen molar-refractivity contribution in [1.29, 1.82) is 0 Å². The van der Waals surface area contributed by atoms with E-state index in [-0.39, 0.29) is 30.0 Å². The Hall–Kier alpha value is -2.06. The van der Waals surface area contributed by atoms with E-state index < -0.39 is 24.1 Å². The number of carbonyl (C=O) groups excluding carboxylic acids is 1. The minimum atomic E-state index is -3.10. The van der Waals surface area contributed by atoms with Crippen LogP contribution in [0.25, 0.3) is 0 Å². The van der Waals surface area contributed by atoms with Crippen LogP contribution in [0.4, 0.5) is 13.2 Å². The van der Waals surface area contributed by atoms with E-state index in [1.807, 2.05) is 0 Å². The van der Waals surface area contributed by atoms with Gasteiger partial charge in [0.25, 0.3) is 11.8 Å². The second-order valence-electron chi connectivity index (χ2n) is 5.15. The SMILES string of the molecule is O=C(NCCO)c1cccnc1SCCC(F)(F)c1ccc(F)cc1. The van der Waals surface area contributed by atoms with Crippen LogP contribution in [0.1, 0.15) is 22.3 Å². The van der Waals surface area contributed by atoms with E-state index in [2.05, 4.69) is 10.3 Å². The van der Waals surface area contributed by atoms with Crippen LogP contribution < -0.4 is 5.32 Å². The maximum Gasteiger partial charge on any atom is 0.274 e. The van der Waals surface area contributed by atoms with Crippen LogP contribution in [-0.2, 0) is 5.92 Å². The van der Waals surface area contributed by atoms with Gasteiger partial charge in [0, 0.05) is 30.5 Å². The van der Waals surface area contributed by atoms with Crippen molar-refractivity contribution in [1.82, 2.24) is 10.3 Å². The fraction of sp³-hybridized carbons (Fsp3) is 0.294. The summed E-state index contributed by atoms with van der Waals surface area (Å²) in [6.07, 6.45) is 1.00. The van der Waals surface area contributed by atoms with Crippen LogP contribution in [0.15, 0.2) is 47.6 Å². The Bertz CT molecular complexity index is 711. The number of aliphatic hydroxyl groups is 1. The number of amides is 1. The second-order valence-corrected chi connectivity index (χ2v) is 6.23. The van der Waals surface area contributed by atoms with Gasteiger partial charge in [-0.3, -0.25) is 4.79 Å². The van der Waals surface area contributed by atoms with E-state index in [0.717, 1.165) is 36.0 Å². The standard InChI is InChI=1S/C17H17F3N2O2S/c18-13-5-3-12(4-6-13)17(19,20)7-11-25-16-14(2-1-8-22-16)15(24)21-9-10-23/h1-6,8,23H,7,9-11H2,(H,21,24). The van der Waals surface area contributed by atoms with Gasteiger partial charge in [-0.05, 0) is 24.3 Å². The maximum atomic E-state index is 14.2. The average Bonchev–Trinajstić information content (AvgIpc) is 2.60. The summed E-state index contributed by atoms with van der Waals surface area (Å²) in [6, 6.07) is 7.24. The molecular formula is C17H17F3N2O2S. The summed E-state index contributed by atoms with van der Waals surface area (Å²) in [6.45, 7) is -0.0984. The van der Waals surface area contributed by atoms with Crippen LogP contribution in [0, 0.1) is 5.82 Å². The Kier molecular flexibility index (Phi) is 6.83. The largest absolute Gasteiger partial charge is 0.395 e. The molecule has 1 amide bonds. The third-order valence-electron chi connectivity index (χ3n) is 3.33. The van der Waals surface area contributed by atoms with Crippen LogP contribution in [-0.4, -0.2) is 34.9 Å². The van der Waals surface area contributed by atoms with Gasteiger partial charge >= 0.3 is 0 Å². The predicted octanol–water partition coefficient (Wildman–Crippen LogP) is 3.22. The summed E-state index contributed by atoms with van der Waals surface area (Å²) in [5.74, 6) is -4.06. The number of aliphatic hydroxyl groups excluding tert-OH is 1. The van der Waals surface area contributed by atoms with Crippen LogP contribution in [0.3, 0.4) is 0 Å². The normalized spacial score (nSPS) is 11.4. The molecule has 0 aliphatic rings. The summed E-state index contributed by atoms with van der Waals surface area (Å²) in [4.78, 5) is 16.0. The highest BCUT2D eigenvalue weighted by Gasteiger charge is 2.31. The molecule has 8 heteroatoms. The number of alkyl halides is 2. The van der Waals surface area contributed by atoms with Crippen molar-refractivity contribution in [2.24, 2.45) is 0 Å². The van der Waals surface area contributed by atoms with Crippen molar-refractivity contribution < 1.29 is 23.1 Å². The lowest BCUT2D eigenvalue weighted by atomic mass is 10.1. The molecule has 0 unspecified atom stereocenters. The summed E-state index contributed by atoms with van der Waals surface area (Å²) in [7, 11) is 0. The van der Waals surface area contributed by atoms with E-state index in [1.165, 1.54) is 6.20 Å². The molecule has 2 rings (SSSR count). The molecule has 0 atom stereocenters. The Morgan fingerprint density at radius 2 is 1.96 bits per heavy atom. The number of hydrogen-bond acceptors (Lipinski definition) is 4. The Morgan fingerprint density at radius 3 is 2.64 bits per heavy atom. The zero-order chi connectivity index (χ0) is 18.3. The van der Waals surface area contributed by atoms with Crippen LogP contribution in [0.5, 0.6) is 0 Å². The highest BCUT2D eigenvalue weighted by Crippen LogP contribution is 2.34. The van der Waals surface area contributed by atoms with Crippen LogP contribution in [0.2, 0.25) is 0 Å². The van der Waals surface area contributed by atoms with E-state index in [1.54, 1.807) is 12.1 Å². The predicted molar refractivity (Wildman–Crippen MR) is 89.3 cm³/mol. The number of thioether (sulfide) groups is 1. The topological polar surface area (TPSA) is 62.2 Å². The molecule has 0 bridgehead atoms. The number of hydrogen-bond donors (Lipinski definition) is 2. The molecule has 1 heterocycles. The molecule has 134 valence electrons. The van der Waals surface area contributed by atoms with Crippen molar-refractivity contribution in [3.8, 4) is 0 Å². The van der Waals surface area contributed by atoms with E-state index in [0.29, 0.717) is 5.03 Å². The molecule has 4 nitrogen and oxygen atoms in total. The van der Waals surface area contributed by atoms with Crippen molar-refractivity contribution in [2.75, 3.05) is 18.9 Å². The molecule has 25 heavy (non-hydrogen) atoms. The quantitative estimate of drug-likeness (QED) is 0.701. The molecule has 0 spiro atoms. The zero-order valence-corrected chi connectivity index (χ0v) is 14.0. The molecule has 1 aromatic carbocycles. The van der Waals surface area contributed by atoms with Gasteiger partial charge < -0.3 is 10.4 Å². The number of carbonyl (C=O) groups is 1. The third-order valence-corrected chi connectivity index (χ3v) is 4.34. The molecule has 2 aromatic rings. The first-order chi connectivity index (χ1) is 11.9. The zero-order valence-electron chi connectivity index (χ0n) is 13.2. The van der Waals surface area contributed by atoms with E-state index in [4.69, 9.17) is 5.11 Å². The third kappa shape index (κ3) is 5.47. The average molecular weight is 370 g/mol. The molecular weight excluding hydrogens is 353 g/mol. The first kappa shape index (κ1) is 19.3. The number of nitrogens with zero attached hydrogens (tertiary/aromatic N) is 1. The van der Waals surface area contributed by atoms with Crippen molar-refractivity contribution in [3.05, 3.63) is 59.5 Å². The number of halogens is 3. The molecule has 0 radical (unpaired) electrons. The lowest BCUT2D eigenvalue weighted by Gasteiger charge is -2.16. The highest BCUT2D eigenvalue weighted by molar-refractivity contribution is 7.99. The second kappa shape index (κ2) is 8.87. The van der Waals surface area contributed by atoms with E-state index >= 15 is 0 Å². The van der Waals surface area contributed by atoms with Gasteiger partial charge in [0.2, 0.25) is 0 Å². The summed E-state index contributed by atoms with van der Waals surface area (Å²) in [5.41, 5.74) is 0.0162. The first-order valence-electron chi connectivity index (χ1n) is 7.55. The van der Waals surface area contributed by atoms with Crippen molar-refractivity contribution >= 4 is 17.7 Å². The molecule has 1 aromatic heterocycles. The molecule has 0 aliphatic heterocycles. The fourth-order valence-corrected chi connectivity index (χ4v) is 3.06. The molecule has 0 fully saturated rings. The highest BCUT2D eigenvalue weighted by atomic mass is 32.2. The molecule has 2 N–H and O–H groups in total. The van der Waals surface area contributed by atoms with Gasteiger partial charge in [-0.2, -0.15) is 0 Å². The van der Waals surface area contributed by atoms with Crippen LogP contribution >= 0.6 is 11.8 Å².